The Morgan fingerprint density at radius 2 is 2.22 bits per heavy atom. The highest BCUT2D eigenvalue weighted by molar-refractivity contribution is 5.84. The van der Waals surface area contributed by atoms with E-state index in [2.05, 4.69) is 20.7 Å². The molecule has 0 aliphatic carbocycles. The van der Waals surface area contributed by atoms with Crippen molar-refractivity contribution in [2.75, 3.05) is 32.5 Å². The lowest BCUT2D eigenvalue weighted by Crippen LogP contribution is -2.39. The van der Waals surface area contributed by atoms with Gasteiger partial charge in [0.2, 0.25) is 17.8 Å². The van der Waals surface area contributed by atoms with Gasteiger partial charge in [0, 0.05) is 13.7 Å². The SMILES string of the molecule is COCCNC(=O)CNC(=O)Cn1cnc(N)n1. The lowest BCUT2D eigenvalue weighted by atomic mass is 10.5. The number of nitrogens with two attached hydrogens (primary N) is 1. The Balaban J connectivity index is 2.18. The van der Waals surface area contributed by atoms with Gasteiger partial charge in [-0.15, -0.1) is 5.10 Å². The molecule has 0 fully saturated rings. The number of hydrogen-bond acceptors (Lipinski definition) is 6. The maximum absolute atomic E-state index is 11.4. The fraction of sp³-hybridized carbons (Fsp3) is 0.556. The number of carbonyl (C=O) groups is 2. The number of aromatic nitrogens is 3. The number of amides is 2. The highest BCUT2D eigenvalue weighted by atomic mass is 16.5. The van der Waals surface area contributed by atoms with E-state index in [4.69, 9.17) is 10.5 Å². The quantitative estimate of drug-likeness (QED) is 0.473. The third-order valence-electron chi connectivity index (χ3n) is 1.93. The van der Waals surface area contributed by atoms with E-state index in [1.165, 1.54) is 18.1 Å². The minimum atomic E-state index is -0.346. The molecule has 9 nitrogen and oxygen atoms in total. The van der Waals surface area contributed by atoms with Crippen LogP contribution in [0.1, 0.15) is 0 Å². The van der Waals surface area contributed by atoms with Crippen LogP contribution in [-0.2, 0) is 20.9 Å². The van der Waals surface area contributed by atoms with Gasteiger partial charge in [-0.1, -0.05) is 0 Å². The van der Waals surface area contributed by atoms with Crippen molar-refractivity contribution >= 4 is 17.8 Å². The average Bonchev–Trinajstić information content (AvgIpc) is 2.72. The van der Waals surface area contributed by atoms with Crippen molar-refractivity contribution in [2.45, 2.75) is 6.54 Å². The molecule has 0 aromatic carbocycles. The van der Waals surface area contributed by atoms with Crippen molar-refractivity contribution in [3.8, 4) is 0 Å². The fourth-order valence-electron chi connectivity index (χ4n) is 1.12. The third-order valence-corrected chi connectivity index (χ3v) is 1.93. The molecule has 1 heterocycles. The largest absolute Gasteiger partial charge is 0.383 e. The lowest BCUT2D eigenvalue weighted by molar-refractivity contribution is -0.126. The second-order valence-corrected chi connectivity index (χ2v) is 3.42. The maximum Gasteiger partial charge on any atom is 0.242 e. The van der Waals surface area contributed by atoms with E-state index in [0.717, 1.165) is 0 Å². The first kappa shape index (κ1) is 13.9. The topological polar surface area (TPSA) is 124 Å². The summed E-state index contributed by atoms with van der Waals surface area (Å²) < 4.78 is 6.05. The van der Waals surface area contributed by atoms with Gasteiger partial charge >= 0.3 is 0 Å². The van der Waals surface area contributed by atoms with Gasteiger partial charge < -0.3 is 21.1 Å². The summed E-state index contributed by atoms with van der Waals surface area (Å²) in [4.78, 5) is 26.3. The lowest BCUT2D eigenvalue weighted by Gasteiger charge is -2.06. The minimum absolute atomic E-state index is 0.0322. The van der Waals surface area contributed by atoms with E-state index in [1.54, 1.807) is 0 Å². The fourth-order valence-corrected chi connectivity index (χ4v) is 1.12. The number of nitrogens with one attached hydrogen (secondary N) is 2. The van der Waals surface area contributed by atoms with Gasteiger partial charge in [0.05, 0.1) is 13.2 Å². The van der Waals surface area contributed by atoms with E-state index in [9.17, 15) is 9.59 Å². The van der Waals surface area contributed by atoms with Crippen molar-refractivity contribution in [3.05, 3.63) is 6.33 Å². The highest BCUT2D eigenvalue weighted by Crippen LogP contribution is 1.88. The predicted octanol–water partition coefficient (Wildman–Crippen LogP) is -2.26. The normalized spacial score (nSPS) is 10.1. The number of hydrogen-bond donors (Lipinski definition) is 3. The van der Waals surface area contributed by atoms with Crippen LogP contribution in [0.15, 0.2) is 6.33 Å². The van der Waals surface area contributed by atoms with Gasteiger partial charge in [-0.2, -0.15) is 0 Å². The van der Waals surface area contributed by atoms with Crippen molar-refractivity contribution < 1.29 is 14.3 Å². The number of nitrogens with zero attached hydrogens (tertiary/aromatic N) is 3. The first-order valence-electron chi connectivity index (χ1n) is 5.29. The molecule has 0 unspecified atom stereocenters. The summed E-state index contributed by atoms with van der Waals surface area (Å²) in [6, 6.07) is 0. The number of anilines is 1. The molecule has 1 aromatic rings. The number of ether oxygens (including phenoxy) is 1. The first-order valence-corrected chi connectivity index (χ1v) is 5.29. The van der Waals surface area contributed by atoms with Crippen LogP contribution < -0.4 is 16.4 Å². The molecule has 0 aliphatic heterocycles. The molecule has 1 aromatic heterocycles. The Labute approximate surface area is 104 Å². The van der Waals surface area contributed by atoms with Gasteiger partial charge in [0.15, 0.2) is 0 Å². The zero-order valence-corrected chi connectivity index (χ0v) is 10.0. The van der Waals surface area contributed by atoms with Crippen LogP contribution in [0.4, 0.5) is 5.95 Å². The highest BCUT2D eigenvalue weighted by Gasteiger charge is 2.06. The molecule has 0 saturated carbocycles. The van der Waals surface area contributed by atoms with E-state index in [-0.39, 0.29) is 30.9 Å². The molecule has 0 bridgehead atoms. The molecule has 9 heteroatoms. The molecule has 18 heavy (non-hydrogen) atoms. The van der Waals surface area contributed by atoms with Gasteiger partial charge in [-0.25, -0.2) is 9.67 Å². The maximum atomic E-state index is 11.4. The van der Waals surface area contributed by atoms with Crippen molar-refractivity contribution in [1.29, 1.82) is 0 Å². The molecule has 0 radical (unpaired) electrons. The standard InChI is InChI=1S/C9H16N6O3/c1-18-3-2-11-7(16)4-12-8(17)5-15-6-13-9(10)14-15/h6H,2-5H2,1H3,(H2,10,14)(H,11,16)(H,12,17). The minimum Gasteiger partial charge on any atom is -0.383 e. The van der Waals surface area contributed by atoms with Crippen LogP contribution in [0.5, 0.6) is 0 Å². The van der Waals surface area contributed by atoms with E-state index >= 15 is 0 Å². The second-order valence-electron chi connectivity index (χ2n) is 3.42. The van der Waals surface area contributed by atoms with Crippen LogP contribution in [0.2, 0.25) is 0 Å². The average molecular weight is 256 g/mol. The number of methoxy groups -OCH3 is 1. The summed E-state index contributed by atoms with van der Waals surface area (Å²) in [7, 11) is 1.54. The monoisotopic (exact) mass is 256 g/mol. The Bertz CT molecular complexity index is 405. The van der Waals surface area contributed by atoms with Crippen LogP contribution in [0, 0.1) is 0 Å². The molecule has 2 amide bonds. The van der Waals surface area contributed by atoms with Gasteiger partial charge in [0.25, 0.3) is 0 Å². The molecule has 4 N–H and O–H groups in total. The van der Waals surface area contributed by atoms with Gasteiger partial charge in [0.1, 0.15) is 12.9 Å². The molecule has 1 rings (SSSR count). The van der Waals surface area contributed by atoms with Crippen molar-refractivity contribution in [3.63, 3.8) is 0 Å². The molecule has 0 aliphatic rings. The summed E-state index contributed by atoms with van der Waals surface area (Å²) >= 11 is 0. The van der Waals surface area contributed by atoms with Gasteiger partial charge in [-0.3, -0.25) is 9.59 Å². The van der Waals surface area contributed by atoms with Crippen molar-refractivity contribution in [1.82, 2.24) is 25.4 Å². The molecule has 0 atom stereocenters. The molecular weight excluding hydrogens is 240 g/mol. The van der Waals surface area contributed by atoms with Crippen LogP contribution in [0.25, 0.3) is 0 Å². The number of carbonyl (C=O) groups excluding carboxylic acids is 2. The summed E-state index contributed by atoms with van der Waals surface area (Å²) in [5, 5.41) is 8.76. The first-order chi connectivity index (χ1) is 8.61. The Morgan fingerprint density at radius 3 is 2.83 bits per heavy atom. The second kappa shape index (κ2) is 7.22. The van der Waals surface area contributed by atoms with E-state index < -0.39 is 0 Å². The smallest absolute Gasteiger partial charge is 0.242 e. The Morgan fingerprint density at radius 1 is 1.44 bits per heavy atom. The zero-order valence-electron chi connectivity index (χ0n) is 10.0. The molecule has 0 spiro atoms. The summed E-state index contributed by atoms with van der Waals surface area (Å²) in [6.45, 7) is 0.713. The predicted molar refractivity (Wildman–Crippen MR) is 62.3 cm³/mol. The summed E-state index contributed by atoms with van der Waals surface area (Å²) in [5.41, 5.74) is 5.29. The van der Waals surface area contributed by atoms with Crippen LogP contribution >= 0.6 is 0 Å². The number of nitrogen functional groups attached to an aromatic ring is 1. The Kier molecular flexibility index (Phi) is 5.58. The molecule has 0 saturated heterocycles. The van der Waals surface area contributed by atoms with E-state index in [1.807, 2.05) is 0 Å². The van der Waals surface area contributed by atoms with Crippen molar-refractivity contribution in [2.24, 2.45) is 0 Å². The number of rotatable bonds is 7. The summed E-state index contributed by atoms with van der Waals surface area (Å²) in [6.07, 6.45) is 1.34. The zero-order chi connectivity index (χ0) is 13.4. The van der Waals surface area contributed by atoms with Gasteiger partial charge in [-0.05, 0) is 0 Å². The summed E-state index contributed by atoms with van der Waals surface area (Å²) in [5.74, 6) is -0.527. The van der Waals surface area contributed by atoms with E-state index in [0.29, 0.717) is 13.2 Å². The Hall–Kier alpha value is -2.16. The van der Waals surface area contributed by atoms with Crippen LogP contribution in [-0.4, -0.2) is 53.4 Å². The van der Waals surface area contributed by atoms with Crippen LogP contribution in [0.3, 0.4) is 0 Å². The molecular formula is C9H16N6O3. The third kappa shape index (κ3) is 5.25. The molecule has 100 valence electrons.